The number of hydrogen-bond acceptors (Lipinski definition) is 3. The van der Waals surface area contributed by atoms with E-state index in [4.69, 9.17) is 0 Å². The van der Waals surface area contributed by atoms with E-state index in [0.717, 1.165) is 25.9 Å². The van der Waals surface area contributed by atoms with Gasteiger partial charge in [-0.25, -0.2) is 0 Å². The third-order valence-electron chi connectivity index (χ3n) is 2.26. The summed E-state index contributed by atoms with van der Waals surface area (Å²) in [5, 5.41) is 19.7. The molecule has 0 saturated carbocycles. The first-order valence-electron chi connectivity index (χ1n) is 5.12. The van der Waals surface area contributed by atoms with E-state index in [-0.39, 0.29) is 5.90 Å². The van der Waals surface area contributed by atoms with Crippen molar-refractivity contribution < 1.29 is 9.91 Å². The zero-order chi connectivity index (χ0) is 10.5. The number of azo groups is 1. The first kappa shape index (κ1) is 9.83. The molecule has 2 rings (SSSR count). The second-order valence-electron chi connectivity index (χ2n) is 3.44. The highest BCUT2D eigenvalue weighted by molar-refractivity contribution is 5.89. The van der Waals surface area contributed by atoms with E-state index in [1.165, 1.54) is 4.81 Å². The fourth-order valence-electron chi connectivity index (χ4n) is 1.45. The van der Waals surface area contributed by atoms with Crippen LogP contribution in [-0.2, 0) is 0 Å². The van der Waals surface area contributed by atoms with Crippen molar-refractivity contribution in [1.29, 1.82) is 0 Å². The van der Waals surface area contributed by atoms with Crippen molar-refractivity contribution in [3.63, 3.8) is 0 Å². The summed E-state index contributed by atoms with van der Waals surface area (Å²) < 4.78 is 0. The molecule has 0 amide bonds. The fraction of sp³-hybridized carbons (Fsp3) is 0.364. The Morgan fingerprint density at radius 2 is 2.07 bits per heavy atom. The van der Waals surface area contributed by atoms with Gasteiger partial charge in [0.15, 0.2) is 0 Å². The van der Waals surface area contributed by atoms with E-state index in [0.29, 0.717) is 5.56 Å². The second-order valence-corrected chi connectivity index (χ2v) is 3.44. The molecule has 0 saturated heterocycles. The van der Waals surface area contributed by atoms with Crippen LogP contribution < -0.4 is 5.11 Å². The Morgan fingerprint density at radius 3 is 2.73 bits per heavy atom. The van der Waals surface area contributed by atoms with Gasteiger partial charge in [0.05, 0.1) is 5.90 Å². The van der Waals surface area contributed by atoms with Crippen LogP contribution >= 0.6 is 0 Å². The van der Waals surface area contributed by atoms with Gasteiger partial charge in [-0.3, -0.25) is 0 Å². The maximum absolute atomic E-state index is 11.6. The third kappa shape index (κ3) is 2.62. The summed E-state index contributed by atoms with van der Waals surface area (Å²) in [5.41, 5.74) is 0.610. The molecule has 0 aliphatic carbocycles. The summed E-state index contributed by atoms with van der Waals surface area (Å²) in [7, 11) is 0. The summed E-state index contributed by atoms with van der Waals surface area (Å²) >= 11 is 0. The van der Waals surface area contributed by atoms with Crippen molar-refractivity contribution in [2.75, 3.05) is 13.1 Å². The van der Waals surface area contributed by atoms with E-state index in [1.54, 1.807) is 12.1 Å². The topological polar surface area (TPSA) is 50.8 Å². The van der Waals surface area contributed by atoms with Gasteiger partial charge in [0.1, 0.15) is 6.54 Å². The third-order valence-corrected chi connectivity index (χ3v) is 2.26. The minimum Gasteiger partial charge on any atom is -0.854 e. The van der Waals surface area contributed by atoms with E-state index in [1.807, 2.05) is 18.2 Å². The summed E-state index contributed by atoms with van der Waals surface area (Å²) in [5.74, 6) is -0.221. The number of hydrazone groups is 1. The predicted octanol–water partition coefficient (Wildman–Crippen LogP) is 0.967. The van der Waals surface area contributed by atoms with Gasteiger partial charge in [-0.05, 0) is 17.1 Å². The quantitative estimate of drug-likeness (QED) is 0.401. The molecule has 0 atom stereocenters. The predicted molar refractivity (Wildman–Crippen MR) is 54.6 cm³/mol. The second kappa shape index (κ2) is 4.68. The molecule has 1 aromatic rings. The fourth-order valence-corrected chi connectivity index (χ4v) is 1.45. The Hall–Kier alpha value is -1.71. The molecule has 4 nitrogen and oxygen atoms in total. The summed E-state index contributed by atoms with van der Waals surface area (Å²) in [4.78, 5) is 1.51. The van der Waals surface area contributed by atoms with Crippen LogP contribution in [0.5, 0.6) is 0 Å². The first-order valence-corrected chi connectivity index (χ1v) is 5.12. The number of hydrogen-bond donors (Lipinski definition) is 0. The first-order chi connectivity index (χ1) is 7.36. The average molecular weight is 203 g/mol. The highest BCUT2D eigenvalue weighted by Gasteiger charge is 2.10. The van der Waals surface area contributed by atoms with Crippen molar-refractivity contribution in [2.24, 2.45) is 10.2 Å². The lowest BCUT2D eigenvalue weighted by atomic mass is 10.2. The van der Waals surface area contributed by atoms with Crippen molar-refractivity contribution in [3.8, 4) is 0 Å². The monoisotopic (exact) mass is 203 g/mol. The van der Waals surface area contributed by atoms with Crippen LogP contribution in [0.2, 0.25) is 0 Å². The smallest absolute Gasteiger partial charge is 0.202 e. The van der Waals surface area contributed by atoms with Crippen LogP contribution in [0.25, 0.3) is 0 Å². The zero-order valence-electron chi connectivity index (χ0n) is 8.47. The van der Waals surface area contributed by atoms with Crippen molar-refractivity contribution >= 4 is 5.90 Å². The Bertz CT molecular complexity index is 384. The lowest BCUT2D eigenvalue weighted by Gasteiger charge is -2.07. The van der Waals surface area contributed by atoms with Crippen LogP contribution in [0.4, 0.5) is 0 Å². The Balaban J connectivity index is 2.16. The Morgan fingerprint density at radius 1 is 1.27 bits per heavy atom. The Kier molecular flexibility index (Phi) is 3.07. The van der Waals surface area contributed by atoms with E-state index >= 15 is 0 Å². The molecule has 0 spiro atoms. The molecule has 1 aromatic carbocycles. The highest BCUT2D eigenvalue weighted by atomic mass is 16.3. The largest absolute Gasteiger partial charge is 0.854 e. The minimum atomic E-state index is -0.221. The van der Waals surface area contributed by atoms with Gasteiger partial charge >= 0.3 is 0 Å². The van der Waals surface area contributed by atoms with Crippen LogP contribution in [0, 0.1) is 0 Å². The molecule has 1 aliphatic heterocycles. The minimum absolute atomic E-state index is 0.221. The highest BCUT2D eigenvalue weighted by Crippen LogP contribution is 2.02. The van der Waals surface area contributed by atoms with Crippen LogP contribution in [-0.4, -0.2) is 23.8 Å². The van der Waals surface area contributed by atoms with Gasteiger partial charge in [0, 0.05) is 16.3 Å². The van der Waals surface area contributed by atoms with E-state index < -0.39 is 0 Å². The number of rotatable bonds is 2. The van der Waals surface area contributed by atoms with Gasteiger partial charge in [0.25, 0.3) is 0 Å². The molecule has 0 bridgehead atoms. The maximum atomic E-state index is 11.6. The van der Waals surface area contributed by atoms with E-state index in [2.05, 4.69) is 10.2 Å². The molecule has 0 aromatic heterocycles. The van der Waals surface area contributed by atoms with Crippen LogP contribution in [0.15, 0.2) is 40.5 Å². The molecular weight excluding hydrogens is 190 g/mol. The van der Waals surface area contributed by atoms with Gasteiger partial charge in [-0.15, -0.1) is 0 Å². The van der Waals surface area contributed by atoms with Crippen molar-refractivity contribution in [2.45, 2.75) is 12.8 Å². The normalized spacial score (nSPS) is 17.3. The molecule has 1 heterocycles. The van der Waals surface area contributed by atoms with Crippen molar-refractivity contribution in [3.05, 3.63) is 35.9 Å². The zero-order valence-corrected chi connectivity index (χ0v) is 8.47. The van der Waals surface area contributed by atoms with Crippen LogP contribution in [0.3, 0.4) is 0 Å². The number of benzene rings is 1. The SMILES string of the molecule is [O-]/C(=N\[N+]1=NCCCC1)c1ccccc1. The number of nitrogens with zero attached hydrogens (tertiary/aromatic N) is 3. The van der Waals surface area contributed by atoms with Gasteiger partial charge in [0.2, 0.25) is 6.54 Å². The molecule has 0 unspecified atom stereocenters. The van der Waals surface area contributed by atoms with Gasteiger partial charge in [-0.2, -0.15) is 0 Å². The van der Waals surface area contributed by atoms with Gasteiger partial charge < -0.3 is 5.11 Å². The Labute approximate surface area is 88.6 Å². The lowest BCUT2D eigenvalue weighted by Crippen LogP contribution is -2.23. The molecule has 0 N–H and O–H groups in total. The molecule has 0 radical (unpaired) electrons. The van der Waals surface area contributed by atoms with E-state index in [9.17, 15) is 5.11 Å². The molecule has 4 heteroatoms. The summed E-state index contributed by atoms with van der Waals surface area (Å²) in [6.07, 6.45) is 2.14. The lowest BCUT2D eigenvalue weighted by molar-refractivity contribution is -0.609. The molecule has 0 fully saturated rings. The maximum Gasteiger partial charge on any atom is 0.202 e. The molecule has 15 heavy (non-hydrogen) atoms. The van der Waals surface area contributed by atoms with Gasteiger partial charge in [-0.1, -0.05) is 30.3 Å². The summed E-state index contributed by atoms with van der Waals surface area (Å²) in [6, 6.07) is 9.06. The molecule has 78 valence electrons. The van der Waals surface area contributed by atoms with Crippen LogP contribution in [0.1, 0.15) is 18.4 Å². The standard InChI is InChI=1S/C11H13N3O/c15-11(10-6-2-1-3-7-10)13-14-9-5-4-8-12-14/h1-3,6-7H,4-5,8-9H2. The average Bonchev–Trinajstić information content (AvgIpc) is 2.31. The molecule has 1 aliphatic rings. The van der Waals surface area contributed by atoms with Crippen molar-refractivity contribution in [1.82, 2.24) is 0 Å². The summed E-state index contributed by atoms with van der Waals surface area (Å²) in [6.45, 7) is 1.52. The molecular formula is C11H13N3O.